The standard InChI is InChI=1S/C14H28N2O2/c1-10(2)15-12-8-7-9-16(11(12)3)13(17)18-14(4,5)6/h10-12,15H,7-9H2,1-6H3. The molecule has 2 atom stereocenters. The second kappa shape index (κ2) is 5.91. The predicted molar refractivity (Wildman–Crippen MR) is 73.7 cm³/mol. The number of amides is 1. The van der Waals surface area contributed by atoms with E-state index in [-0.39, 0.29) is 12.1 Å². The third-order valence-electron chi connectivity index (χ3n) is 3.16. The van der Waals surface area contributed by atoms with E-state index >= 15 is 0 Å². The lowest BCUT2D eigenvalue weighted by Gasteiger charge is -2.41. The summed E-state index contributed by atoms with van der Waals surface area (Å²) in [4.78, 5) is 14.0. The van der Waals surface area contributed by atoms with Gasteiger partial charge in [0.05, 0.1) is 0 Å². The Morgan fingerprint density at radius 1 is 1.39 bits per heavy atom. The van der Waals surface area contributed by atoms with Crippen LogP contribution in [0.25, 0.3) is 0 Å². The molecule has 4 heteroatoms. The fourth-order valence-corrected chi connectivity index (χ4v) is 2.37. The fraction of sp³-hybridized carbons (Fsp3) is 0.929. The summed E-state index contributed by atoms with van der Waals surface area (Å²) in [5.41, 5.74) is -0.421. The SMILES string of the molecule is CC(C)NC1CCCN(C(=O)OC(C)(C)C)C1C. The van der Waals surface area contributed by atoms with Crippen LogP contribution in [0.1, 0.15) is 54.4 Å². The number of likely N-dealkylation sites (tertiary alicyclic amines) is 1. The highest BCUT2D eigenvalue weighted by Gasteiger charge is 2.33. The molecule has 0 aliphatic carbocycles. The zero-order valence-corrected chi connectivity index (χ0v) is 12.6. The van der Waals surface area contributed by atoms with Gasteiger partial charge in [-0.15, -0.1) is 0 Å². The summed E-state index contributed by atoms with van der Waals surface area (Å²) >= 11 is 0. The molecule has 18 heavy (non-hydrogen) atoms. The van der Waals surface area contributed by atoms with Crippen molar-refractivity contribution in [3.63, 3.8) is 0 Å². The van der Waals surface area contributed by atoms with Crippen LogP contribution >= 0.6 is 0 Å². The Kier molecular flexibility index (Phi) is 5.02. The molecule has 0 spiro atoms. The Labute approximate surface area is 111 Å². The molecule has 2 unspecified atom stereocenters. The number of hydrogen-bond donors (Lipinski definition) is 1. The van der Waals surface area contributed by atoms with Crippen LogP contribution in [0.15, 0.2) is 0 Å². The number of nitrogens with zero attached hydrogens (tertiary/aromatic N) is 1. The first kappa shape index (κ1) is 15.3. The topological polar surface area (TPSA) is 41.6 Å². The van der Waals surface area contributed by atoms with E-state index in [9.17, 15) is 4.79 Å². The largest absolute Gasteiger partial charge is 0.444 e. The van der Waals surface area contributed by atoms with Gasteiger partial charge in [-0.2, -0.15) is 0 Å². The van der Waals surface area contributed by atoms with E-state index in [2.05, 4.69) is 26.1 Å². The van der Waals surface area contributed by atoms with Crippen LogP contribution in [0.2, 0.25) is 0 Å². The average molecular weight is 256 g/mol. The van der Waals surface area contributed by atoms with Gasteiger partial charge in [-0.1, -0.05) is 13.8 Å². The minimum atomic E-state index is -0.421. The molecule has 1 aliphatic heterocycles. The molecule has 0 radical (unpaired) electrons. The van der Waals surface area contributed by atoms with Crippen molar-refractivity contribution in [2.24, 2.45) is 0 Å². The summed E-state index contributed by atoms with van der Waals surface area (Å²) in [5, 5.41) is 3.53. The van der Waals surface area contributed by atoms with Gasteiger partial charge in [0.15, 0.2) is 0 Å². The molecule has 0 saturated carbocycles. The third-order valence-corrected chi connectivity index (χ3v) is 3.16. The highest BCUT2D eigenvalue weighted by molar-refractivity contribution is 5.68. The molecule has 1 saturated heterocycles. The summed E-state index contributed by atoms with van der Waals surface area (Å²) in [5.74, 6) is 0. The van der Waals surface area contributed by atoms with Crippen molar-refractivity contribution in [3.05, 3.63) is 0 Å². The zero-order chi connectivity index (χ0) is 13.9. The first-order chi connectivity index (χ1) is 8.20. The maximum absolute atomic E-state index is 12.1. The van der Waals surface area contributed by atoms with E-state index in [0.717, 1.165) is 19.4 Å². The highest BCUT2D eigenvalue weighted by Crippen LogP contribution is 2.21. The van der Waals surface area contributed by atoms with Crippen molar-refractivity contribution in [3.8, 4) is 0 Å². The normalized spacial score (nSPS) is 25.4. The number of carbonyl (C=O) groups excluding carboxylic acids is 1. The van der Waals surface area contributed by atoms with E-state index in [0.29, 0.717) is 12.1 Å². The number of hydrogen-bond acceptors (Lipinski definition) is 3. The Balaban J connectivity index is 2.62. The number of carbonyl (C=O) groups is 1. The minimum Gasteiger partial charge on any atom is -0.444 e. The van der Waals surface area contributed by atoms with Crippen LogP contribution in [-0.2, 0) is 4.74 Å². The summed E-state index contributed by atoms with van der Waals surface area (Å²) in [6, 6.07) is 0.998. The Morgan fingerprint density at radius 2 is 2.00 bits per heavy atom. The lowest BCUT2D eigenvalue weighted by Crippen LogP contribution is -2.56. The lowest BCUT2D eigenvalue weighted by molar-refractivity contribution is 0.00656. The van der Waals surface area contributed by atoms with Crippen molar-refractivity contribution in [1.29, 1.82) is 0 Å². The highest BCUT2D eigenvalue weighted by atomic mass is 16.6. The van der Waals surface area contributed by atoms with Crippen molar-refractivity contribution < 1.29 is 9.53 Å². The van der Waals surface area contributed by atoms with Crippen LogP contribution in [0.3, 0.4) is 0 Å². The molecule has 0 aromatic carbocycles. The first-order valence-electron chi connectivity index (χ1n) is 6.96. The smallest absolute Gasteiger partial charge is 0.410 e. The minimum absolute atomic E-state index is 0.190. The van der Waals surface area contributed by atoms with Crippen LogP contribution < -0.4 is 5.32 Å². The van der Waals surface area contributed by atoms with Gasteiger partial charge in [0.25, 0.3) is 0 Å². The van der Waals surface area contributed by atoms with Gasteiger partial charge in [0.1, 0.15) is 5.60 Å². The van der Waals surface area contributed by atoms with E-state index in [1.54, 1.807) is 0 Å². The monoisotopic (exact) mass is 256 g/mol. The molecular formula is C14H28N2O2. The first-order valence-corrected chi connectivity index (χ1v) is 6.96. The molecule has 1 aliphatic rings. The molecule has 106 valence electrons. The summed E-state index contributed by atoms with van der Waals surface area (Å²) in [6.45, 7) is 12.9. The van der Waals surface area contributed by atoms with Crippen LogP contribution in [-0.4, -0.2) is 41.3 Å². The van der Waals surface area contributed by atoms with Gasteiger partial charge in [0.2, 0.25) is 0 Å². The average Bonchev–Trinajstić information content (AvgIpc) is 2.17. The number of rotatable bonds is 2. The molecule has 1 amide bonds. The van der Waals surface area contributed by atoms with E-state index in [1.807, 2.05) is 25.7 Å². The van der Waals surface area contributed by atoms with Crippen molar-refractivity contribution in [2.75, 3.05) is 6.54 Å². The van der Waals surface area contributed by atoms with E-state index in [4.69, 9.17) is 4.74 Å². The molecule has 4 nitrogen and oxygen atoms in total. The summed E-state index contributed by atoms with van der Waals surface area (Å²) in [7, 11) is 0. The van der Waals surface area contributed by atoms with Crippen molar-refractivity contribution >= 4 is 6.09 Å². The molecule has 0 aromatic heterocycles. The van der Waals surface area contributed by atoms with Gasteiger partial charge in [-0.25, -0.2) is 4.79 Å². The van der Waals surface area contributed by atoms with Gasteiger partial charge < -0.3 is 15.0 Å². The van der Waals surface area contributed by atoms with Gasteiger partial charge in [-0.3, -0.25) is 0 Å². The number of piperidine rings is 1. The fourth-order valence-electron chi connectivity index (χ4n) is 2.37. The Morgan fingerprint density at radius 3 is 2.50 bits per heavy atom. The quantitative estimate of drug-likeness (QED) is 0.826. The second-order valence-corrected chi connectivity index (χ2v) is 6.48. The Hall–Kier alpha value is -0.770. The molecular weight excluding hydrogens is 228 g/mol. The molecule has 1 fully saturated rings. The van der Waals surface area contributed by atoms with Gasteiger partial charge in [0, 0.05) is 24.7 Å². The van der Waals surface area contributed by atoms with Crippen LogP contribution in [0.4, 0.5) is 4.79 Å². The van der Waals surface area contributed by atoms with Gasteiger partial charge >= 0.3 is 6.09 Å². The van der Waals surface area contributed by atoms with Crippen molar-refractivity contribution in [2.45, 2.75) is 78.1 Å². The molecule has 0 aromatic rings. The Bertz CT molecular complexity index is 284. The van der Waals surface area contributed by atoms with Crippen LogP contribution in [0.5, 0.6) is 0 Å². The van der Waals surface area contributed by atoms with Crippen LogP contribution in [0, 0.1) is 0 Å². The second-order valence-electron chi connectivity index (χ2n) is 6.48. The lowest BCUT2D eigenvalue weighted by atomic mass is 9.97. The van der Waals surface area contributed by atoms with Gasteiger partial charge in [-0.05, 0) is 40.5 Å². The predicted octanol–water partition coefficient (Wildman–Crippen LogP) is 2.77. The maximum Gasteiger partial charge on any atom is 0.410 e. The summed E-state index contributed by atoms with van der Waals surface area (Å²) in [6.07, 6.45) is 1.97. The van der Waals surface area contributed by atoms with Crippen molar-refractivity contribution in [1.82, 2.24) is 10.2 Å². The molecule has 1 N–H and O–H groups in total. The molecule has 1 rings (SSSR count). The third kappa shape index (κ3) is 4.48. The summed E-state index contributed by atoms with van der Waals surface area (Å²) < 4.78 is 5.46. The molecule has 1 heterocycles. The number of nitrogens with one attached hydrogen (secondary N) is 1. The molecule has 0 bridgehead atoms. The number of ether oxygens (including phenoxy) is 1. The van der Waals surface area contributed by atoms with E-state index < -0.39 is 5.60 Å². The maximum atomic E-state index is 12.1. The zero-order valence-electron chi connectivity index (χ0n) is 12.6. The van der Waals surface area contributed by atoms with E-state index in [1.165, 1.54) is 0 Å².